The number of carbonyl (C=O) groups excluding carboxylic acids is 1. The lowest BCUT2D eigenvalue weighted by atomic mass is 10.1. The van der Waals surface area contributed by atoms with Gasteiger partial charge < -0.3 is 10.1 Å². The number of carbonyl (C=O) groups is 1. The lowest BCUT2D eigenvalue weighted by Gasteiger charge is -2.11. The Balaban J connectivity index is 2.17. The number of anilines is 1. The number of rotatable bonds is 4. The van der Waals surface area contributed by atoms with Gasteiger partial charge >= 0.3 is 5.97 Å². The summed E-state index contributed by atoms with van der Waals surface area (Å²) >= 11 is 6.10. The van der Waals surface area contributed by atoms with Crippen LogP contribution in [0, 0.1) is 12.7 Å². The van der Waals surface area contributed by atoms with Crippen molar-refractivity contribution in [1.82, 2.24) is 0 Å². The maximum Gasteiger partial charge on any atom is 0.337 e. The first-order chi connectivity index (χ1) is 10.0. The molecule has 0 heterocycles. The molecule has 0 saturated carbocycles. The average molecular weight is 308 g/mol. The molecular weight excluding hydrogens is 293 g/mol. The van der Waals surface area contributed by atoms with Crippen LogP contribution in [0.15, 0.2) is 36.4 Å². The van der Waals surface area contributed by atoms with Gasteiger partial charge in [-0.25, -0.2) is 9.18 Å². The third-order valence-electron chi connectivity index (χ3n) is 3.16. The van der Waals surface area contributed by atoms with E-state index in [2.05, 4.69) is 10.1 Å². The minimum Gasteiger partial charge on any atom is -0.465 e. The Bertz CT molecular complexity index is 673. The first-order valence-electron chi connectivity index (χ1n) is 6.38. The van der Waals surface area contributed by atoms with Crippen molar-refractivity contribution in [3.63, 3.8) is 0 Å². The number of halogens is 2. The van der Waals surface area contributed by atoms with Crippen LogP contribution in [0.3, 0.4) is 0 Å². The molecule has 21 heavy (non-hydrogen) atoms. The van der Waals surface area contributed by atoms with Crippen LogP contribution in [0.5, 0.6) is 0 Å². The topological polar surface area (TPSA) is 38.3 Å². The number of ether oxygens (including phenoxy) is 1. The van der Waals surface area contributed by atoms with Crippen molar-refractivity contribution in [2.24, 2.45) is 0 Å². The summed E-state index contributed by atoms with van der Waals surface area (Å²) in [7, 11) is 1.33. The van der Waals surface area contributed by atoms with Crippen LogP contribution in [-0.4, -0.2) is 13.1 Å². The van der Waals surface area contributed by atoms with Crippen molar-refractivity contribution in [3.8, 4) is 0 Å². The Morgan fingerprint density at radius 1 is 1.29 bits per heavy atom. The number of aryl methyl sites for hydroxylation is 1. The normalized spacial score (nSPS) is 10.3. The second-order valence-corrected chi connectivity index (χ2v) is 5.02. The molecule has 2 aromatic carbocycles. The summed E-state index contributed by atoms with van der Waals surface area (Å²) < 4.78 is 17.7. The fourth-order valence-electron chi connectivity index (χ4n) is 1.95. The van der Waals surface area contributed by atoms with Gasteiger partial charge in [-0.15, -0.1) is 0 Å². The quantitative estimate of drug-likeness (QED) is 0.861. The van der Waals surface area contributed by atoms with E-state index in [-0.39, 0.29) is 5.82 Å². The van der Waals surface area contributed by atoms with E-state index in [1.54, 1.807) is 24.3 Å². The van der Waals surface area contributed by atoms with Crippen LogP contribution in [0.25, 0.3) is 0 Å². The molecule has 0 aliphatic heterocycles. The fourth-order valence-corrected chi connectivity index (χ4v) is 2.14. The molecule has 0 radical (unpaired) electrons. The van der Waals surface area contributed by atoms with Gasteiger partial charge in [0.2, 0.25) is 0 Å². The number of hydrogen-bond acceptors (Lipinski definition) is 3. The number of hydrogen-bond donors (Lipinski definition) is 1. The Hall–Kier alpha value is -2.07. The third-order valence-corrected chi connectivity index (χ3v) is 3.49. The van der Waals surface area contributed by atoms with Crippen LogP contribution < -0.4 is 5.32 Å². The first-order valence-corrected chi connectivity index (χ1v) is 6.76. The molecule has 5 heteroatoms. The number of nitrogens with one attached hydrogen (secondary N) is 1. The van der Waals surface area contributed by atoms with E-state index in [4.69, 9.17) is 11.6 Å². The van der Waals surface area contributed by atoms with Gasteiger partial charge in [-0.05, 0) is 48.4 Å². The SMILES string of the molecule is COC(=O)c1ccc(Cl)c(NCc2ccc(F)cc2C)c1. The second-order valence-electron chi connectivity index (χ2n) is 4.61. The van der Waals surface area contributed by atoms with Gasteiger partial charge in [-0.1, -0.05) is 17.7 Å². The summed E-state index contributed by atoms with van der Waals surface area (Å²) in [4.78, 5) is 11.5. The maximum absolute atomic E-state index is 13.1. The fraction of sp³-hybridized carbons (Fsp3) is 0.188. The van der Waals surface area contributed by atoms with Crippen LogP contribution in [0.1, 0.15) is 21.5 Å². The molecule has 2 rings (SSSR count). The van der Waals surface area contributed by atoms with Crippen LogP contribution in [0.4, 0.5) is 10.1 Å². The Morgan fingerprint density at radius 3 is 2.71 bits per heavy atom. The summed E-state index contributed by atoms with van der Waals surface area (Å²) in [6.07, 6.45) is 0. The predicted molar refractivity (Wildman–Crippen MR) is 81.3 cm³/mol. The second kappa shape index (κ2) is 6.59. The number of esters is 1. The minimum absolute atomic E-state index is 0.262. The standard InChI is InChI=1S/C16H15ClFNO2/c1-10-7-13(18)5-3-12(10)9-19-15-8-11(16(20)21-2)4-6-14(15)17/h3-8,19H,9H2,1-2H3. The van der Waals surface area contributed by atoms with Crippen LogP contribution >= 0.6 is 11.6 Å². The lowest BCUT2D eigenvalue weighted by Crippen LogP contribution is -2.05. The van der Waals surface area contributed by atoms with E-state index < -0.39 is 5.97 Å². The third kappa shape index (κ3) is 3.73. The van der Waals surface area contributed by atoms with Gasteiger partial charge in [0.15, 0.2) is 0 Å². The molecule has 0 fully saturated rings. The molecule has 0 aliphatic carbocycles. The van der Waals surface area contributed by atoms with Gasteiger partial charge in [-0.2, -0.15) is 0 Å². The molecule has 0 atom stereocenters. The van der Waals surface area contributed by atoms with Crippen LogP contribution in [-0.2, 0) is 11.3 Å². The van der Waals surface area contributed by atoms with Gasteiger partial charge in [0.25, 0.3) is 0 Å². The smallest absolute Gasteiger partial charge is 0.337 e. The molecule has 0 bridgehead atoms. The maximum atomic E-state index is 13.1. The van der Waals surface area contributed by atoms with Gasteiger partial charge in [0.1, 0.15) is 5.82 Å². The Morgan fingerprint density at radius 2 is 2.05 bits per heavy atom. The summed E-state index contributed by atoms with van der Waals surface area (Å²) in [5.41, 5.74) is 2.85. The number of benzene rings is 2. The zero-order valence-electron chi connectivity index (χ0n) is 11.7. The summed E-state index contributed by atoms with van der Waals surface area (Å²) in [5, 5.41) is 3.65. The molecule has 1 N–H and O–H groups in total. The van der Waals surface area contributed by atoms with Crippen molar-refractivity contribution >= 4 is 23.3 Å². The molecule has 2 aromatic rings. The molecule has 3 nitrogen and oxygen atoms in total. The summed E-state index contributed by atoms with van der Waals surface area (Å²) in [5.74, 6) is -0.686. The number of methoxy groups -OCH3 is 1. The first kappa shape index (κ1) is 15.3. The highest BCUT2D eigenvalue weighted by molar-refractivity contribution is 6.33. The molecule has 0 saturated heterocycles. The van der Waals surface area contributed by atoms with Crippen molar-refractivity contribution in [3.05, 3.63) is 63.9 Å². The zero-order valence-corrected chi connectivity index (χ0v) is 12.5. The van der Waals surface area contributed by atoms with E-state index in [1.807, 2.05) is 6.92 Å². The van der Waals surface area contributed by atoms with E-state index in [1.165, 1.54) is 19.2 Å². The lowest BCUT2D eigenvalue weighted by molar-refractivity contribution is 0.0601. The molecule has 110 valence electrons. The molecule has 0 amide bonds. The minimum atomic E-state index is -0.423. The van der Waals surface area contributed by atoms with E-state index >= 15 is 0 Å². The molecule has 0 aliphatic rings. The highest BCUT2D eigenvalue weighted by atomic mass is 35.5. The van der Waals surface area contributed by atoms with Crippen molar-refractivity contribution < 1.29 is 13.9 Å². The molecular formula is C16H15ClFNO2. The highest BCUT2D eigenvalue weighted by Crippen LogP contribution is 2.24. The van der Waals surface area contributed by atoms with E-state index in [0.717, 1.165) is 11.1 Å². The molecule has 0 aromatic heterocycles. The van der Waals surface area contributed by atoms with E-state index in [0.29, 0.717) is 22.8 Å². The Labute approximate surface area is 127 Å². The van der Waals surface area contributed by atoms with Crippen molar-refractivity contribution in [1.29, 1.82) is 0 Å². The van der Waals surface area contributed by atoms with Gasteiger partial charge in [0, 0.05) is 6.54 Å². The largest absolute Gasteiger partial charge is 0.465 e. The molecule has 0 spiro atoms. The highest BCUT2D eigenvalue weighted by Gasteiger charge is 2.09. The predicted octanol–water partition coefficient (Wildman–Crippen LogP) is 4.19. The van der Waals surface area contributed by atoms with Crippen LogP contribution in [0.2, 0.25) is 5.02 Å². The summed E-state index contributed by atoms with van der Waals surface area (Å²) in [6.45, 7) is 2.32. The van der Waals surface area contributed by atoms with Crippen molar-refractivity contribution in [2.45, 2.75) is 13.5 Å². The molecule has 0 unspecified atom stereocenters. The zero-order chi connectivity index (χ0) is 15.4. The van der Waals surface area contributed by atoms with Crippen molar-refractivity contribution in [2.75, 3.05) is 12.4 Å². The Kier molecular flexibility index (Phi) is 4.81. The summed E-state index contributed by atoms with van der Waals surface area (Å²) in [6, 6.07) is 9.47. The van der Waals surface area contributed by atoms with E-state index in [9.17, 15) is 9.18 Å². The van der Waals surface area contributed by atoms with Gasteiger partial charge in [0.05, 0.1) is 23.4 Å². The van der Waals surface area contributed by atoms with Gasteiger partial charge in [-0.3, -0.25) is 0 Å². The average Bonchev–Trinajstić information content (AvgIpc) is 2.47. The monoisotopic (exact) mass is 307 g/mol.